The Balaban J connectivity index is 2.87. The number of rotatable bonds is 2. The molecule has 2 N–H and O–H groups in total. The van der Waals surface area contributed by atoms with Crippen LogP contribution in [0.2, 0.25) is 0 Å². The van der Waals surface area contributed by atoms with E-state index in [1.54, 1.807) is 26.8 Å². The fraction of sp³-hybridized carbons (Fsp3) is 0.294. The highest BCUT2D eigenvalue weighted by atomic mass is 32.2. The molecule has 0 bridgehead atoms. The lowest BCUT2D eigenvalue weighted by atomic mass is 10.0. The molecule has 0 saturated heterocycles. The first-order chi connectivity index (χ1) is 10.1. The summed E-state index contributed by atoms with van der Waals surface area (Å²) < 4.78 is 25.9. The van der Waals surface area contributed by atoms with Crippen molar-refractivity contribution in [1.82, 2.24) is 0 Å². The van der Waals surface area contributed by atoms with E-state index in [0.29, 0.717) is 11.1 Å². The molecule has 0 spiro atoms. The van der Waals surface area contributed by atoms with E-state index >= 15 is 0 Å². The van der Waals surface area contributed by atoms with Crippen molar-refractivity contribution in [3.8, 4) is 11.5 Å². The van der Waals surface area contributed by atoms with Crippen molar-refractivity contribution in [2.45, 2.75) is 44.4 Å². The lowest BCUT2D eigenvalue weighted by molar-refractivity contribution is 0.451. The Morgan fingerprint density at radius 2 is 1.27 bits per heavy atom. The number of hydrogen-bond acceptors (Lipinski definition) is 4. The Labute approximate surface area is 131 Å². The first-order valence-electron chi connectivity index (χ1n) is 6.92. The fourth-order valence-corrected chi connectivity index (χ4v) is 4.67. The van der Waals surface area contributed by atoms with Crippen molar-refractivity contribution in [2.75, 3.05) is 0 Å². The Kier molecular flexibility index (Phi) is 3.96. The van der Waals surface area contributed by atoms with E-state index in [4.69, 9.17) is 0 Å². The second kappa shape index (κ2) is 5.32. The van der Waals surface area contributed by atoms with Crippen molar-refractivity contribution in [2.24, 2.45) is 0 Å². The molecule has 0 fully saturated rings. The molecule has 0 unspecified atom stereocenters. The number of benzene rings is 2. The van der Waals surface area contributed by atoms with Crippen LogP contribution in [-0.4, -0.2) is 18.6 Å². The monoisotopic (exact) mass is 320 g/mol. The van der Waals surface area contributed by atoms with Crippen molar-refractivity contribution >= 4 is 9.84 Å². The Bertz CT molecular complexity index is 842. The van der Waals surface area contributed by atoms with Crippen LogP contribution in [0, 0.1) is 34.6 Å². The van der Waals surface area contributed by atoms with Gasteiger partial charge in [-0.2, -0.15) is 0 Å². The lowest BCUT2D eigenvalue weighted by Gasteiger charge is -2.16. The summed E-state index contributed by atoms with van der Waals surface area (Å²) in [5.74, 6) is -0.588. The Hall–Kier alpha value is -2.01. The zero-order valence-corrected chi connectivity index (χ0v) is 14.2. The van der Waals surface area contributed by atoms with Crippen LogP contribution in [0.4, 0.5) is 0 Å². The number of hydrogen-bond donors (Lipinski definition) is 2. The number of aromatic hydroxyl groups is 2. The van der Waals surface area contributed by atoms with Crippen LogP contribution < -0.4 is 0 Å². The highest BCUT2D eigenvalue weighted by Gasteiger charge is 2.29. The standard InChI is InChI=1S/C17H20O4S/c1-9-6-11(3)16(14(18)7-9)22(20,21)17-13(5)12(4)10(2)8-15(17)19/h6-8,18-19H,1-5H3. The molecule has 0 amide bonds. The summed E-state index contributed by atoms with van der Waals surface area (Å²) in [5, 5.41) is 20.3. The predicted octanol–water partition coefficient (Wildman–Crippen LogP) is 3.47. The van der Waals surface area contributed by atoms with Crippen LogP contribution in [0.15, 0.2) is 28.0 Å². The maximum Gasteiger partial charge on any atom is 0.214 e. The minimum atomic E-state index is -4.02. The maximum absolute atomic E-state index is 13.0. The SMILES string of the molecule is Cc1cc(C)c(S(=O)(=O)c2c(O)cc(C)c(C)c2C)c(O)c1. The molecule has 0 aromatic heterocycles. The number of phenolic OH excluding ortho intramolecular Hbond substituents is 2. The largest absolute Gasteiger partial charge is 0.507 e. The van der Waals surface area contributed by atoms with Crippen LogP contribution in [0.3, 0.4) is 0 Å². The highest BCUT2D eigenvalue weighted by molar-refractivity contribution is 7.91. The number of sulfone groups is 1. The van der Waals surface area contributed by atoms with E-state index in [0.717, 1.165) is 16.7 Å². The van der Waals surface area contributed by atoms with Crippen molar-refractivity contribution in [3.63, 3.8) is 0 Å². The first-order valence-corrected chi connectivity index (χ1v) is 8.40. The molecule has 0 aliphatic rings. The van der Waals surface area contributed by atoms with Gasteiger partial charge in [0.25, 0.3) is 0 Å². The minimum Gasteiger partial charge on any atom is -0.507 e. The van der Waals surface area contributed by atoms with Gasteiger partial charge in [0.1, 0.15) is 21.3 Å². The molecule has 22 heavy (non-hydrogen) atoms. The minimum absolute atomic E-state index is 0.141. The lowest BCUT2D eigenvalue weighted by Crippen LogP contribution is -2.09. The van der Waals surface area contributed by atoms with Crippen LogP contribution >= 0.6 is 0 Å². The van der Waals surface area contributed by atoms with E-state index in [9.17, 15) is 18.6 Å². The molecular weight excluding hydrogens is 300 g/mol. The number of aryl methyl sites for hydroxylation is 3. The quantitative estimate of drug-likeness (QED) is 0.888. The molecule has 0 atom stereocenters. The average Bonchev–Trinajstić information content (AvgIpc) is 2.33. The van der Waals surface area contributed by atoms with Gasteiger partial charge in [-0.15, -0.1) is 0 Å². The molecule has 0 saturated carbocycles. The van der Waals surface area contributed by atoms with Crippen molar-refractivity contribution in [1.29, 1.82) is 0 Å². The van der Waals surface area contributed by atoms with Crippen LogP contribution in [0.25, 0.3) is 0 Å². The highest BCUT2D eigenvalue weighted by Crippen LogP contribution is 2.39. The third kappa shape index (κ3) is 2.46. The summed E-state index contributed by atoms with van der Waals surface area (Å²) in [6.07, 6.45) is 0. The van der Waals surface area contributed by atoms with E-state index in [2.05, 4.69) is 0 Å². The maximum atomic E-state index is 13.0. The van der Waals surface area contributed by atoms with Gasteiger partial charge in [-0.25, -0.2) is 8.42 Å². The van der Waals surface area contributed by atoms with Gasteiger partial charge in [-0.1, -0.05) is 6.07 Å². The Morgan fingerprint density at radius 1 is 0.727 bits per heavy atom. The fourth-order valence-electron chi connectivity index (χ4n) is 2.76. The topological polar surface area (TPSA) is 74.6 Å². The van der Waals surface area contributed by atoms with E-state index < -0.39 is 9.84 Å². The van der Waals surface area contributed by atoms with Crippen LogP contribution in [0.5, 0.6) is 11.5 Å². The van der Waals surface area contributed by atoms with Gasteiger partial charge in [0.15, 0.2) is 0 Å². The van der Waals surface area contributed by atoms with Gasteiger partial charge in [0.05, 0.1) is 0 Å². The summed E-state index contributed by atoms with van der Waals surface area (Å²) in [6, 6.07) is 4.54. The molecule has 0 aliphatic heterocycles. The molecule has 5 heteroatoms. The molecule has 2 aromatic carbocycles. The molecule has 0 radical (unpaired) electrons. The summed E-state index contributed by atoms with van der Waals surface area (Å²) >= 11 is 0. The van der Waals surface area contributed by atoms with Gasteiger partial charge >= 0.3 is 0 Å². The third-order valence-corrected chi connectivity index (χ3v) is 6.14. The molecular formula is C17H20O4S. The predicted molar refractivity (Wildman–Crippen MR) is 85.4 cm³/mol. The summed E-state index contributed by atoms with van der Waals surface area (Å²) in [4.78, 5) is -0.294. The molecule has 118 valence electrons. The third-order valence-electron chi connectivity index (χ3n) is 4.02. The number of phenols is 2. The van der Waals surface area contributed by atoms with E-state index in [1.807, 2.05) is 13.8 Å². The molecule has 4 nitrogen and oxygen atoms in total. The van der Waals surface area contributed by atoms with Gasteiger partial charge in [0, 0.05) is 0 Å². The van der Waals surface area contributed by atoms with Gasteiger partial charge in [-0.3, -0.25) is 0 Å². The second-order valence-electron chi connectivity index (χ2n) is 5.73. The summed E-state index contributed by atoms with van der Waals surface area (Å²) in [6.45, 7) is 8.70. The van der Waals surface area contributed by atoms with E-state index in [-0.39, 0.29) is 21.3 Å². The molecule has 2 rings (SSSR count). The van der Waals surface area contributed by atoms with E-state index in [1.165, 1.54) is 12.1 Å². The Morgan fingerprint density at radius 3 is 1.82 bits per heavy atom. The zero-order valence-electron chi connectivity index (χ0n) is 13.4. The van der Waals surface area contributed by atoms with Crippen molar-refractivity contribution in [3.05, 3.63) is 46.0 Å². The summed E-state index contributed by atoms with van der Waals surface area (Å²) in [5.41, 5.74) is 3.35. The van der Waals surface area contributed by atoms with Gasteiger partial charge < -0.3 is 10.2 Å². The first kappa shape index (κ1) is 16.4. The van der Waals surface area contributed by atoms with Crippen LogP contribution in [0.1, 0.15) is 27.8 Å². The molecule has 0 aliphatic carbocycles. The normalized spacial score (nSPS) is 11.7. The second-order valence-corrected chi connectivity index (χ2v) is 7.55. The average molecular weight is 320 g/mol. The summed E-state index contributed by atoms with van der Waals surface area (Å²) in [7, 11) is -4.02. The van der Waals surface area contributed by atoms with Crippen LogP contribution in [-0.2, 0) is 9.84 Å². The van der Waals surface area contributed by atoms with Gasteiger partial charge in [0.2, 0.25) is 9.84 Å². The van der Waals surface area contributed by atoms with Gasteiger partial charge in [-0.05, 0) is 74.6 Å². The zero-order chi connectivity index (χ0) is 16.8. The molecule has 2 aromatic rings. The smallest absolute Gasteiger partial charge is 0.214 e. The molecule has 0 heterocycles. The van der Waals surface area contributed by atoms with Crippen molar-refractivity contribution < 1.29 is 18.6 Å².